The van der Waals surface area contributed by atoms with Gasteiger partial charge in [0.2, 0.25) is 5.91 Å². The third-order valence-corrected chi connectivity index (χ3v) is 4.96. The number of nitrogens with one attached hydrogen (secondary N) is 2. The third kappa shape index (κ3) is 8.69. The van der Waals surface area contributed by atoms with Crippen LogP contribution in [0.3, 0.4) is 0 Å². The van der Waals surface area contributed by atoms with Gasteiger partial charge in [-0.05, 0) is 60.4 Å². The van der Waals surface area contributed by atoms with Crippen molar-refractivity contribution in [3.05, 3.63) is 95.6 Å². The highest BCUT2D eigenvalue weighted by Crippen LogP contribution is 2.19. The summed E-state index contributed by atoms with van der Waals surface area (Å²) in [5.41, 5.74) is 2.69. The molecule has 0 bridgehead atoms. The van der Waals surface area contributed by atoms with Gasteiger partial charge in [0.05, 0.1) is 6.61 Å². The summed E-state index contributed by atoms with van der Waals surface area (Å²) in [4.78, 5) is 23.2. The first-order valence-corrected chi connectivity index (χ1v) is 11.1. The fourth-order valence-corrected chi connectivity index (χ4v) is 3.09. The average molecular weight is 447 g/mol. The molecule has 0 radical (unpaired) electrons. The van der Waals surface area contributed by atoms with E-state index in [-0.39, 0.29) is 11.8 Å². The fraction of sp³-hybridized carbons (Fsp3) is 0.259. The molecule has 2 amide bonds. The third-order valence-electron chi connectivity index (χ3n) is 4.96. The zero-order valence-corrected chi connectivity index (χ0v) is 18.9. The molecule has 172 valence electrons. The Kier molecular flexibility index (Phi) is 9.33. The summed E-state index contributed by atoms with van der Waals surface area (Å²) in [6.45, 7) is 3.64. The van der Waals surface area contributed by atoms with Gasteiger partial charge in [-0.15, -0.1) is 0 Å². The number of ether oxygens (including phenoxy) is 2. The van der Waals surface area contributed by atoms with Crippen molar-refractivity contribution in [1.82, 2.24) is 10.6 Å². The van der Waals surface area contributed by atoms with Crippen molar-refractivity contribution in [3.8, 4) is 11.5 Å². The second-order valence-corrected chi connectivity index (χ2v) is 7.66. The Hall–Kier alpha value is -3.80. The molecule has 0 saturated heterocycles. The van der Waals surface area contributed by atoms with Crippen LogP contribution >= 0.6 is 0 Å². The van der Waals surface area contributed by atoms with Crippen LogP contribution < -0.4 is 20.1 Å². The molecule has 6 nitrogen and oxygen atoms in total. The standard InChI is InChI=1S/C27H30N2O4/c1-21(30)29-19-22-9-11-24(12-10-22)27(31)28-17-5-6-18-32-25-13-15-26(16-14-25)33-20-23-7-3-2-4-8-23/h2-4,7-16H,5-6,17-20H2,1H3,(H,28,31)(H,29,30). The molecule has 2 N–H and O–H groups in total. The van der Waals surface area contributed by atoms with Crippen LogP contribution in [0.4, 0.5) is 0 Å². The normalized spacial score (nSPS) is 10.3. The van der Waals surface area contributed by atoms with Crippen molar-refractivity contribution in [2.75, 3.05) is 13.2 Å². The highest BCUT2D eigenvalue weighted by Gasteiger charge is 2.05. The molecule has 3 rings (SSSR count). The first-order chi connectivity index (χ1) is 16.1. The molecule has 3 aromatic rings. The van der Waals surface area contributed by atoms with Crippen LogP contribution in [-0.4, -0.2) is 25.0 Å². The van der Waals surface area contributed by atoms with Gasteiger partial charge in [-0.1, -0.05) is 42.5 Å². The smallest absolute Gasteiger partial charge is 0.251 e. The van der Waals surface area contributed by atoms with E-state index < -0.39 is 0 Å². The first-order valence-electron chi connectivity index (χ1n) is 11.1. The molecule has 0 atom stereocenters. The number of carbonyl (C=O) groups is 2. The molecular weight excluding hydrogens is 416 g/mol. The summed E-state index contributed by atoms with van der Waals surface area (Å²) in [5, 5.41) is 5.65. The summed E-state index contributed by atoms with van der Waals surface area (Å²) >= 11 is 0. The molecule has 3 aromatic carbocycles. The Bertz CT molecular complexity index is 1000. The van der Waals surface area contributed by atoms with Crippen molar-refractivity contribution in [1.29, 1.82) is 0 Å². The van der Waals surface area contributed by atoms with E-state index in [1.165, 1.54) is 6.92 Å². The zero-order chi connectivity index (χ0) is 23.3. The van der Waals surface area contributed by atoms with E-state index >= 15 is 0 Å². The van der Waals surface area contributed by atoms with Gasteiger partial charge in [-0.2, -0.15) is 0 Å². The molecule has 0 fully saturated rings. The van der Waals surface area contributed by atoms with Crippen LogP contribution in [0.1, 0.15) is 41.3 Å². The lowest BCUT2D eigenvalue weighted by Gasteiger charge is -2.09. The van der Waals surface area contributed by atoms with E-state index in [1.54, 1.807) is 12.1 Å². The van der Waals surface area contributed by atoms with Crippen molar-refractivity contribution in [2.45, 2.75) is 32.9 Å². The minimum Gasteiger partial charge on any atom is -0.494 e. The Balaban J connectivity index is 1.28. The number of rotatable bonds is 12. The molecule has 33 heavy (non-hydrogen) atoms. The molecule has 0 heterocycles. The topological polar surface area (TPSA) is 76.7 Å². The van der Waals surface area contributed by atoms with Crippen molar-refractivity contribution >= 4 is 11.8 Å². The predicted octanol–water partition coefficient (Wildman–Crippen LogP) is 4.49. The number of benzene rings is 3. The van der Waals surface area contributed by atoms with E-state index in [1.807, 2.05) is 66.7 Å². The first kappa shape index (κ1) is 23.9. The molecule has 0 spiro atoms. The van der Waals surface area contributed by atoms with Gasteiger partial charge in [0.1, 0.15) is 18.1 Å². The van der Waals surface area contributed by atoms with Gasteiger partial charge >= 0.3 is 0 Å². The predicted molar refractivity (Wildman–Crippen MR) is 128 cm³/mol. The zero-order valence-electron chi connectivity index (χ0n) is 18.9. The van der Waals surface area contributed by atoms with Gasteiger partial charge in [0.25, 0.3) is 5.91 Å². The number of hydrogen-bond acceptors (Lipinski definition) is 4. The van der Waals surface area contributed by atoms with E-state index in [0.29, 0.717) is 31.9 Å². The monoisotopic (exact) mass is 446 g/mol. The fourth-order valence-electron chi connectivity index (χ4n) is 3.09. The van der Waals surface area contributed by atoms with Gasteiger partial charge in [0.15, 0.2) is 0 Å². The highest BCUT2D eigenvalue weighted by atomic mass is 16.5. The van der Waals surface area contributed by atoms with E-state index in [0.717, 1.165) is 35.5 Å². The lowest BCUT2D eigenvalue weighted by Crippen LogP contribution is -2.25. The summed E-state index contributed by atoms with van der Waals surface area (Å²) < 4.78 is 11.5. The summed E-state index contributed by atoms with van der Waals surface area (Å²) in [6.07, 6.45) is 1.66. The second-order valence-electron chi connectivity index (χ2n) is 7.66. The van der Waals surface area contributed by atoms with E-state index in [2.05, 4.69) is 10.6 Å². The van der Waals surface area contributed by atoms with E-state index in [4.69, 9.17) is 9.47 Å². The van der Waals surface area contributed by atoms with Crippen molar-refractivity contribution in [3.63, 3.8) is 0 Å². The number of amides is 2. The molecule has 0 aromatic heterocycles. The summed E-state index contributed by atoms with van der Waals surface area (Å²) in [7, 11) is 0. The van der Waals surface area contributed by atoms with Gasteiger partial charge in [-0.25, -0.2) is 0 Å². The molecule has 0 aliphatic rings. The average Bonchev–Trinajstić information content (AvgIpc) is 2.85. The Morgan fingerprint density at radius 3 is 2.06 bits per heavy atom. The minimum atomic E-state index is -0.104. The maximum absolute atomic E-state index is 12.2. The van der Waals surface area contributed by atoms with Crippen molar-refractivity contribution < 1.29 is 19.1 Å². The highest BCUT2D eigenvalue weighted by molar-refractivity contribution is 5.94. The molecule has 0 saturated carbocycles. The number of hydrogen-bond donors (Lipinski definition) is 2. The lowest BCUT2D eigenvalue weighted by atomic mass is 10.1. The summed E-state index contributed by atoms with van der Waals surface area (Å²) in [6, 6.07) is 24.9. The number of unbranched alkanes of at least 4 members (excludes halogenated alkanes) is 1. The maximum atomic E-state index is 12.2. The molecule has 0 aliphatic heterocycles. The molecular formula is C27H30N2O4. The SMILES string of the molecule is CC(=O)NCc1ccc(C(=O)NCCCCOc2ccc(OCc3ccccc3)cc2)cc1. The van der Waals surface area contributed by atoms with E-state index in [9.17, 15) is 9.59 Å². The molecule has 0 unspecified atom stereocenters. The second kappa shape index (κ2) is 12.9. The quantitative estimate of drug-likeness (QED) is 0.402. The van der Waals surface area contributed by atoms with Crippen LogP contribution in [0.25, 0.3) is 0 Å². The van der Waals surface area contributed by atoms with Crippen LogP contribution in [0.5, 0.6) is 11.5 Å². The van der Waals surface area contributed by atoms with Gasteiger partial charge < -0.3 is 20.1 Å². The largest absolute Gasteiger partial charge is 0.494 e. The Morgan fingerprint density at radius 1 is 0.727 bits per heavy atom. The lowest BCUT2D eigenvalue weighted by molar-refractivity contribution is -0.119. The molecule has 6 heteroatoms. The Morgan fingerprint density at radius 2 is 1.39 bits per heavy atom. The summed E-state index contributed by atoms with van der Waals surface area (Å²) in [5.74, 6) is 1.42. The van der Waals surface area contributed by atoms with Crippen LogP contribution in [0.15, 0.2) is 78.9 Å². The van der Waals surface area contributed by atoms with Crippen LogP contribution in [0.2, 0.25) is 0 Å². The Labute approximate surface area is 194 Å². The van der Waals surface area contributed by atoms with Gasteiger partial charge in [0, 0.05) is 25.6 Å². The minimum absolute atomic E-state index is 0.0781. The van der Waals surface area contributed by atoms with Crippen molar-refractivity contribution in [2.24, 2.45) is 0 Å². The number of carbonyl (C=O) groups excluding carboxylic acids is 2. The van der Waals surface area contributed by atoms with Crippen LogP contribution in [-0.2, 0) is 17.9 Å². The van der Waals surface area contributed by atoms with Gasteiger partial charge in [-0.3, -0.25) is 9.59 Å². The van der Waals surface area contributed by atoms with Crippen LogP contribution in [0, 0.1) is 0 Å². The molecule has 0 aliphatic carbocycles. The maximum Gasteiger partial charge on any atom is 0.251 e.